The number of allylic oxidation sites excluding steroid dienone is 2. The summed E-state index contributed by atoms with van der Waals surface area (Å²) >= 11 is 5.76. The van der Waals surface area contributed by atoms with E-state index in [9.17, 15) is 4.79 Å². The van der Waals surface area contributed by atoms with Crippen LogP contribution >= 0.6 is 11.6 Å². The first-order valence-electron chi connectivity index (χ1n) is 4.50. The minimum atomic E-state index is 0.0939. The van der Waals surface area contributed by atoms with Gasteiger partial charge in [-0.25, -0.2) is 0 Å². The summed E-state index contributed by atoms with van der Waals surface area (Å²) in [4.78, 5) is 10.8. The van der Waals surface area contributed by atoms with E-state index in [2.05, 4.69) is 0 Å². The zero-order chi connectivity index (χ0) is 10.6. The normalized spacial score (nSPS) is 11.5. The minimum absolute atomic E-state index is 0.0939. The topological polar surface area (TPSA) is 17.1 Å². The molecule has 0 unspecified atom stereocenters. The van der Waals surface area contributed by atoms with E-state index in [0.29, 0.717) is 0 Å². The minimum Gasteiger partial charge on any atom is -0.295 e. The molecule has 0 aromatic heterocycles. The number of halogens is 1. The highest BCUT2D eigenvalue weighted by atomic mass is 35.5. The predicted octanol–water partition coefficient (Wildman–Crippen LogP) is 3.42. The maximum absolute atomic E-state index is 10.8. The quantitative estimate of drug-likeness (QED) is 0.696. The Labute approximate surface area is 89.4 Å². The Morgan fingerprint density at radius 1 is 1.29 bits per heavy atom. The number of ketones is 1. The molecule has 0 atom stereocenters. The Hall–Kier alpha value is -1.08. The van der Waals surface area contributed by atoms with Crippen molar-refractivity contribution in [2.45, 2.75) is 20.3 Å². The molecule has 0 aliphatic rings. The molecule has 1 rings (SSSR count). The highest BCUT2D eigenvalue weighted by Gasteiger charge is 1.96. The van der Waals surface area contributed by atoms with Gasteiger partial charge in [-0.1, -0.05) is 29.3 Å². The first-order valence-corrected chi connectivity index (χ1v) is 4.88. The largest absolute Gasteiger partial charge is 0.295 e. The molecule has 0 N–H and O–H groups in total. The van der Waals surface area contributed by atoms with Crippen LogP contribution in [0.15, 0.2) is 35.9 Å². The Bertz CT molecular complexity index is 349. The molecule has 2 heteroatoms. The van der Waals surface area contributed by atoms with E-state index in [1.54, 1.807) is 13.0 Å². The molecule has 0 bridgehead atoms. The van der Waals surface area contributed by atoms with Gasteiger partial charge in [0.25, 0.3) is 0 Å². The molecule has 14 heavy (non-hydrogen) atoms. The monoisotopic (exact) mass is 208 g/mol. The van der Waals surface area contributed by atoms with E-state index in [0.717, 1.165) is 17.0 Å². The van der Waals surface area contributed by atoms with Gasteiger partial charge in [0.2, 0.25) is 0 Å². The molecule has 1 nitrogen and oxygen atoms in total. The maximum atomic E-state index is 10.8. The number of hydrogen-bond acceptors (Lipinski definition) is 1. The lowest BCUT2D eigenvalue weighted by Crippen LogP contribution is -1.90. The predicted molar refractivity (Wildman–Crippen MR) is 59.6 cm³/mol. The van der Waals surface area contributed by atoms with Crippen LogP contribution in [0.3, 0.4) is 0 Å². The van der Waals surface area contributed by atoms with Gasteiger partial charge in [0.15, 0.2) is 5.78 Å². The highest BCUT2D eigenvalue weighted by Crippen LogP contribution is 2.12. The van der Waals surface area contributed by atoms with Gasteiger partial charge in [-0.05, 0) is 44.0 Å². The van der Waals surface area contributed by atoms with E-state index in [1.165, 1.54) is 5.56 Å². The number of rotatable bonds is 3. The van der Waals surface area contributed by atoms with Crippen molar-refractivity contribution in [1.29, 1.82) is 0 Å². The molecule has 0 aliphatic carbocycles. The van der Waals surface area contributed by atoms with Gasteiger partial charge in [0.05, 0.1) is 0 Å². The molecule has 1 aromatic carbocycles. The molecule has 0 radical (unpaired) electrons. The second-order valence-electron chi connectivity index (χ2n) is 3.40. The van der Waals surface area contributed by atoms with Crippen LogP contribution in [0.25, 0.3) is 0 Å². The highest BCUT2D eigenvalue weighted by molar-refractivity contribution is 6.30. The van der Waals surface area contributed by atoms with Crippen LogP contribution in [0.5, 0.6) is 0 Å². The molecule has 0 saturated carbocycles. The van der Waals surface area contributed by atoms with Crippen LogP contribution in [-0.4, -0.2) is 5.78 Å². The summed E-state index contributed by atoms with van der Waals surface area (Å²) in [5.74, 6) is 0.0939. The third-order valence-corrected chi connectivity index (χ3v) is 2.10. The van der Waals surface area contributed by atoms with Gasteiger partial charge >= 0.3 is 0 Å². The summed E-state index contributed by atoms with van der Waals surface area (Å²) in [6.45, 7) is 3.52. The number of benzene rings is 1. The van der Waals surface area contributed by atoms with E-state index < -0.39 is 0 Å². The molecule has 74 valence electrons. The molecular weight excluding hydrogens is 196 g/mol. The van der Waals surface area contributed by atoms with Gasteiger partial charge < -0.3 is 0 Å². The molecule has 0 aliphatic heterocycles. The van der Waals surface area contributed by atoms with Crippen LogP contribution in [0.2, 0.25) is 5.02 Å². The fraction of sp³-hybridized carbons (Fsp3) is 0.250. The Morgan fingerprint density at radius 3 is 2.36 bits per heavy atom. The van der Waals surface area contributed by atoms with Crippen LogP contribution in [0, 0.1) is 0 Å². The van der Waals surface area contributed by atoms with Crippen LogP contribution in [-0.2, 0) is 11.2 Å². The van der Waals surface area contributed by atoms with Gasteiger partial charge in [-0.3, -0.25) is 4.79 Å². The van der Waals surface area contributed by atoms with Crippen molar-refractivity contribution in [3.63, 3.8) is 0 Å². The lowest BCUT2D eigenvalue weighted by molar-refractivity contribution is -0.112. The number of carbonyl (C=O) groups excluding carboxylic acids is 1. The smallest absolute Gasteiger partial charge is 0.152 e. The lowest BCUT2D eigenvalue weighted by atomic mass is 10.1. The zero-order valence-corrected chi connectivity index (χ0v) is 9.14. The summed E-state index contributed by atoms with van der Waals surface area (Å²) in [5.41, 5.74) is 2.24. The maximum Gasteiger partial charge on any atom is 0.152 e. The van der Waals surface area contributed by atoms with Crippen LogP contribution in [0.4, 0.5) is 0 Å². The lowest BCUT2D eigenvalue weighted by Gasteiger charge is -2.01. The van der Waals surface area contributed by atoms with E-state index in [1.807, 2.05) is 31.2 Å². The van der Waals surface area contributed by atoms with Gasteiger partial charge in [-0.2, -0.15) is 0 Å². The van der Waals surface area contributed by atoms with E-state index in [-0.39, 0.29) is 5.78 Å². The van der Waals surface area contributed by atoms with Gasteiger partial charge in [-0.15, -0.1) is 0 Å². The summed E-state index contributed by atoms with van der Waals surface area (Å²) in [6.07, 6.45) is 2.46. The summed E-state index contributed by atoms with van der Waals surface area (Å²) < 4.78 is 0. The molecule has 0 fully saturated rings. The van der Waals surface area contributed by atoms with E-state index in [4.69, 9.17) is 11.6 Å². The molecular formula is C12H13ClO. The Morgan fingerprint density at radius 2 is 1.86 bits per heavy atom. The van der Waals surface area contributed by atoms with Crippen LogP contribution in [0.1, 0.15) is 19.4 Å². The van der Waals surface area contributed by atoms with Crippen molar-refractivity contribution in [2.24, 2.45) is 0 Å². The molecule has 0 spiro atoms. The first kappa shape index (κ1) is 11.0. The van der Waals surface area contributed by atoms with Crippen LogP contribution < -0.4 is 0 Å². The van der Waals surface area contributed by atoms with E-state index >= 15 is 0 Å². The number of carbonyl (C=O) groups is 1. The second-order valence-corrected chi connectivity index (χ2v) is 3.84. The summed E-state index contributed by atoms with van der Waals surface area (Å²) in [5, 5.41) is 0.738. The standard InChI is InChI=1S/C12H13ClO/c1-9(7-10(2)14)8-11-3-5-12(13)6-4-11/h3-7H,8H2,1-2H3/b9-7-. The first-order chi connectivity index (χ1) is 6.58. The van der Waals surface area contributed by atoms with Crippen molar-refractivity contribution < 1.29 is 4.79 Å². The van der Waals surface area contributed by atoms with Crippen molar-refractivity contribution >= 4 is 17.4 Å². The third kappa shape index (κ3) is 3.75. The van der Waals surface area contributed by atoms with Crippen molar-refractivity contribution in [3.8, 4) is 0 Å². The summed E-state index contributed by atoms with van der Waals surface area (Å²) in [6, 6.07) is 7.66. The SMILES string of the molecule is CC(=O)/C=C(/C)Cc1ccc(Cl)cc1. The van der Waals surface area contributed by atoms with Gasteiger partial charge in [0.1, 0.15) is 0 Å². The molecule has 1 aromatic rings. The number of hydrogen-bond donors (Lipinski definition) is 0. The Kier molecular flexibility index (Phi) is 3.90. The fourth-order valence-corrected chi connectivity index (χ4v) is 1.45. The fourth-order valence-electron chi connectivity index (χ4n) is 1.32. The average molecular weight is 209 g/mol. The molecule has 0 heterocycles. The van der Waals surface area contributed by atoms with Crippen molar-refractivity contribution in [3.05, 3.63) is 46.5 Å². The van der Waals surface area contributed by atoms with Crippen molar-refractivity contribution in [2.75, 3.05) is 0 Å². The molecule has 0 saturated heterocycles. The Balaban J connectivity index is 2.69. The molecule has 0 amide bonds. The second kappa shape index (κ2) is 4.97. The zero-order valence-electron chi connectivity index (χ0n) is 8.38. The summed E-state index contributed by atoms with van der Waals surface area (Å²) in [7, 11) is 0. The van der Waals surface area contributed by atoms with Gasteiger partial charge in [0, 0.05) is 5.02 Å². The average Bonchev–Trinajstić information content (AvgIpc) is 2.07. The van der Waals surface area contributed by atoms with Crippen molar-refractivity contribution in [1.82, 2.24) is 0 Å². The third-order valence-electron chi connectivity index (χ3n) is 1.85.